The van der Waals surface area contributed by atoms with Gasteiger partial charge in [0.05, 0.1) is 5.60 Å². The number of hydrogen-bond acceptors (Lipinski definition) is 1. The molecule has 0 aliphatic rings. The summed E-state index contributed by atoms with van der Waals surface area (Å²) in [4.78, 5) is 0. The van der Waals surface area contributed by atoms with Crippen molar-refractivity contribution in [3.63, 3.8) is 0 Å². The first kappa shape index (κ1) is 12.3. The molecule has 1 atom stereocenters. The van der Waals surface area contributed by atoms with Crippen LogP contribution < -0.4 is 0 Å². The standard InChI is InChI=1S/C14H22O/c1-11(2)13(10-14(3,4)15)12-8-6-5-7-9-12/h5-9,11,13,15H,10H2,1-4H3/t13-/m1/s1. The Labute approximate surface area is 93.1 Å². The highest BCUT2D eigenvalue weighted by Gasteiger charge is 2.23. The van der Waals surface area contributed by atoms with E-state index in [0.29, 0.717) is 11.8 Å². The van der Waals surface area contributed by atoms with Gasteiger partial charge in [-0.25, -0.2) is 0 Å². The lowest BCUT2D eigenvalue weighted by Crippen LogP contribution is -2.24. The van der Waals surface area contributed by atoms with Crippen LogP contribution in [0, 0.1) is 5.92 Å². The molecule has 15 heavy (non-hydrogen) atoms. The fourth-order valence-electron chi connectivity index (χ4n) is 1.98. The second-order valence-electron chi connectivity index (χ2n) is 5.28. The Bertz CT molecular complexity index is 282. The minimum Gasteiger partial charge on any atom is -0.390 e. The molecule has 0 bridgehead atoms. The van der Waals surface area contributed by atoms with E-state index in [1.807, 2.05) is 19.9 Å². The predicted octanol–water partition coefficient (Wildman–Crippen LogP) is 3.59. The smallest absolute Gasteiger partial charge is 0.0597 e. The highest BCUT2D eigenvalue weighted by Crippen LogP contribution is 2.32. The molecule has 1 aromatic carbocycles. The van der Waals surface area contributed by atoms with Gasteiger partial charge in [0.1, 0.15) is 0 Å². The van der Waals surface area contributed by atoms with Gasteiger partial charge in [0.2, 0.25) is 0 Å². The quantitative estimate of drug-likeness (QED) is 0.798. The molecule has 0 heterocycles. The number of rotatable bonds is 4. The van der Waals surface area contributed by atoms with Gasteiger partial charge in [0.25, 0.3) is 0 Å². The van der Waals surface area contributed by atoms with E-state index >= 15 is 0 Å². The van der Waals surface area contributed by atoms with Crippen LogP contribution in [0.3, 0.4) is 0 Å². The first-order chi connectivity index (χ1) is 6.90. The summed E-state index contributed by atoms with van der Waals surface area (Å²) < 4.78 is 0. The average Bonchev–Trinajstić information content (AvgIpc) is 2.14. The molecule has 0 aliphatic heterocycles. The normalized spacial score (nSPS) is 14.3. The lowest BCUT2D eigenvalue weighted by molar-refractivity contribution is 0.0575. The summed E-state index contributed by atoms with van der Waals surface area (Å²) in [7, 11) is 0. The number of aliphatic hydroxyl groups is 1. The molecule has 0 radical (unpaired) electrons. The third kappa shape index (κ3) is 4.05. The largest absolute Gasteiger partial charge is 0.390 e. The maximum atomic E-state index is 9.90. The SMILES string of the molecule is CC(C)[C@@H](CC(C)(C)O)c1ccccc1. The number of benzene rings is 1. The minimum atomic E-state index is -0.592. The maximum absolute atomic E-state index is 9.90. The first-order valence-corrected chi connectivity index (χ1v) is 5.67. The fraction of sp³-hybridized carbons (Fsp3) is 0.571. The Morgan fingerprint density at radius 3 is 2.07 bits per heavy atom. The average molecular weight is 206 g/mol. The summed E-state index contributed by atoms with van der Waals surface area (Å²) in [6, 6.07) is 10.5. The van der Waals surface area contributed by atoms with E-state index in [1.54, 1.807) is 0 Å². The van der Waals surface area contributed by atoms with Crippen molar-refractivity contribution < 1.29 is 5.11 Å². The second kappa shape index (κ2) is 4.80. The van der Waals surface area contributed by atoms with Crippen LogP contribution in [0.5, 0.6) is 0 Å². The van der Waals surface area contributed by atoms with Gasteiger partial charge < -0.3 is 5.11 Å². The van der Waals surface area contributed by atoms with E-state index in [4.69, 9.17) is 0 Å². The van der Waals surface area contributed by atoms with E-state index in [2.05, 4.69) is 38.1 Å². The van der Waals surface area contributed by atoms with E-state index < -0.39 is 5.60 Å². The van der Waals surface area contributed by atoms with E-state index in [-0.39, 0.29) is 0 Å². The van der Waals surface area contributed by atoms with Gasteiger partial charge in [0.15, 0.2) is 0 Å². The molecule has 0 aliphatic carbocycles. The number of hydrogen-bond donors (Lipinski definition) is 1. The van der Waals surface area contributed by atoms with Crippen molar-refractivity contribution >= 4 is 0 Å². The Hall–Kier alpha value is -0.820. The Balaban J connectivity index is 2.85. The van der Waals surface area contributed by atoms with Crippen LogP contribution in [0.2, 0.25) is 0 Å². The van der Waals surface area contributed by atoms with Crippen LogP contribution in [-0.2, 0) is 0 Å². The highest BCUT2D eigenvalue weighted by atomic mass is 16.3. The molecule has 0 unspecified atom stereocenters. The highest BCUT2D eigenvalue weighted by molar-refractivity contribution is 5.20. The molecule has 0 fully saturated rings. The van der Waals surface area contributed by atoms with Gasteiger partial charge in [-0.05, 0) is 37.7 Å². The van der Waals surface area contributed by atoms with E-state index in [0.717, 1.165) is 6.42 Å². The molecule has 1 heteroatoms. The Morgan fingerprint density at radius 1 is 1.13 bits per heavy atom. The molecule has 1 nitrogen and oxygen atoms in total. The summed E-state index contributed by atoms with van der Waals surface area (Å²) in [5.41, 5.74) is 0.736. The molecule has 0 spiro atoms. The van der Waals surface area contributed by atoms with E-state index in [1.165, 1.54) is 5.56 Å². The summed E-state index contributed by atoms with van der Waals surface area (Å²) in [6.45, 7) is 8.18. The van der Waals surface area contributed by atoms with Gasteiger partial charge in [-0.1, -0.05) is 44.2 Å². The molecular weight excluding hydrogens is 184 g/mol. The first-order valence-electron chi connectivity index (χ1n) is 5.67. The lowest BCUT2D eigenvalue weighted by Gasteiger charge is -2.28. The molecular formula is C14H22O. The van der Waals surface area contributed by atoms with Gasteiger partial charge >= 0.3 is 0 Å². The van der Waals surface area contributed by atoms with Crippen molar-refractivity contribution in [3.05, 3.63) is 35.9 Å². The van der Waals surface area contributed by atoms with Gasteiger partial charge in [-0.15, -0.1) is 0 Å². The summed E-state index contributed by atoms with van der Waals surface area (Å²) in [5, 5.41) is 9.90. The van der Waals surface area contributed by atoms with Crippen molar-refractivity contribution in [1.82, 2.24) is 0 Å². The van der Waals surface area contributed by atoms with Crippen LogP contribution in [0.25, 0.3) is 0 Å². The molecule has 1 rings (SSSR count). The molecule has 1 aromatic rings. The van der Waals surface area contributed by atoms with Gasteiger partial charge in [-0.3, -0.25) is 0 Å². The lowest BCUT2D eigenvalue weighted by atomic mass is 9.81. The van der Waals surface area contributed by atoms with Crippen LogP contribution in [0.4, 0.5) is 0 Å². The zero-order valence-electron chi connectivity index (χ0n) is 10.2. The van der Waals surface area contributed by atoms with Crippen molar-refractivity contribution in [3.8, 4) is 0 Å². The topological polar surface area (TPSA) is 20.2 Å². The van der Waals surface area contributed by atoms with Crippen LogP contribution in [0.1, 0.15) is 45.6 Å². The monoisotopic (exact) mass is 206 g/mol. The zero-order chi connectivity index (χ0) is 11.5. The molecule has 0 saturated carbocycles. The van der Waals surface area contributed by atoms with Crippen LogP contribution in [-0.4, -0.2) is 10.7 Å². The maximum Gasteiger partial charge on any atom is 0.0597 e. The Kier molecular flexibility index (Phi) is 3.92. The Morgan fingerprint density at radius 2 is 1.67 bits per heavy atom. The summed E-state index contributed by atoms with van der Waals surface area (Å²) in [5.74, 6) is 0.991. The minimum absolute atomic E-state index is 0.436. The van der Waals surface area contributed by atoms with Crippen molar-refractivity contribution in [2.75, 3.05) is 0 Å². The molecule has 0 aromatic heterocycles. The third-order valence-electron chi connectivity index (χ3n) is 2.75. The third-order valence-corrected chi connectivity index (χ3v) is 2.75. The van der Waals surface area contributed by atoms with Crippen molar-refractivity contribution in [2.45, 2.75) is 45.6 Å². The molecule has 0 amide bonds. The molecule has 84 valence electrons. The van der Waals surface area contributed by atoms with Crippen molar-refractivity contribution in [1.29, 1.82) is 0 Å². The fourth-order valence-corrected chi connectivity index (χ4v) is 1.98. The van der Waals surface area contributed by atoms with Gasteiger partial charge in [0, 0.05) is 0 Å². The van der Waals surface area contributed by atoms with Crippen LogP contribution >= 0.6 is 0 Å². The summed E-state index contributed by atoms with van der Waals surface area (Å²) in [6.07, 6.45) is 0.814. The molecule has 1 N–H and O–H groups in total. The zero-order valence-corrected chi connectivity index (χ0v) is 10.2. The van der Waals surface area contributed by atoms with Crippen molar-refractivity contribution in [2.24, 2.45) is 5.92 Å². The predicted molar refractivity (Wildman–Crippen MR) is 64.9 cm³/mol. The van der Waals surface area contributed by atoms with Crippen LogP contribution in [0.15, 0.2) is 30.3 Å². The van der Waals surface area contributed by atoms with E-state index in [9.17, 15) is 5.11 Å². The summed E-state index contributed by atoms with van der Waals surface area (Å²) >= 11 is 0. The second-order valence-corrected chi connectivity index (χ2v) is 5.28. The van der Waals surface area contributed by atoms with Gasteiger partial charge in [-0.2, -0.15) is 0 Å². The molecule has 0 saturated heterocycles.